The van der Waals surface area contributed by atoms with Gasteiger partial charge in [-0.1, -0.05) is 26.1 Å². The number of carbonyl (C=O) groups excluding carboxylic acids is 1. The van der Waals surface area contributed by atoms with Crippen molar-refractivity contribution in [1.29, 1.82) is 0 Å². The number of carbonyl (C=O) groups is 1. The molecule has 2 atom stereocenters. The zero-order valence-electron chi connectivity index (χ0n) is 27.2. The van der Waals surface area contributed by atoms with Gasteiger partial charge in [0.1, 0.15) is 51.8 Å². The molecule has 2 aromatic heterocycles. The Balaban J connectivity index is 1.77. The quantitative estimate of drug-likeness (QED) is 0.130. The summed E-state index contributed by atoms with van der Waals surface area (Å²) in [5, 5.41) is 0.987. The Labute approximate surface area is 275 Å². The lowest BCUT2D eigenvalue weighted by Gasteiger charge is -2.39. The van der Waals surface area contributed by atoms with Gasteiger partial charge in [0.25, 0.3) is 0 Å². The van der Waals surface area contributed by atoms with Crippen LogP contribution < -0.4 is 33.7 Å². The molecule has 0 amide bonds. The Bertz CT molecular complexity index is 1670. The van der Waals surface area contributed by atoms with Crippen molar-refractivity contribution in [2.45, 2.75) is 24.2 Å². The summed E-state index contributed by atoms with van der Waals surface area (Å²) in [6.07, 6.45) is 3.94. The van der Waals surface area contributed by atoms with Gasteiger partial charge in [-0.15, -0.1) is 0 Å². The van der Waals surface area contributed by atoms with Crippen LogP contribution in [0.2, 0.25) is 0 Å². The van der Waals surface area contributed by atoms with E-state index in [9.17, 15) is 4.79 Å². The van der Waals surface area contributed by atoms with E-state index < -0.39 is 7.92 Å². The Morgan fingerprint density at radius 1 is 0.574 bits per heavy atom. The molecule has 1 saturated heterocycles. The zero-order chi connectivity index (χ0) is 33.1. The molecule has 6 rings (SSSR count). The molecule has 1 fully saturated rings. The molecule has 5 aromatic rings. The SMILES string of the molecule is COc1cc(OC)c(-c2cccc(-c3c(OC)cc(OC)cc3OC)c2P2C(c3ccco3)CC(=O)CC2c2ccco2)c(OC)c1. The second-order valence-electron chi connectivity index (χ2n) is 10.9. The van der Waals surface area contributed by atoms with Gasteiger partial charge < -0.3 is 37.3 Å². The smallest absolute Gasteiger partial charge is 0.135 e. The first-order chi connectivity index (χ1) is 23.0. The van der Waals surface area contributed by atoms with Crippen molar-refractivity contribution in [1.82, 2.24) is 0 Å². The van der Waals surface area contributed by atoms with Crippen molar-refractivity contribution in [2.24, 2.45) is 0 Å². The molecular weight excluding hydrogens is 619 g/mol. The van der Waals surface area contributed by atoms with Crippen LogP contribution in [-0.2, 0) is 4.79 Å². The van der Waals surface area contributed by atoms with Crippen LogP contribution in [-0.4, -0.2) is 48.4 Å². The number of hydrogen-bond acceptors (Lipinski definition) is 9. The molecule has 10 heteroatoms. The summed E-state index contributed by atoms with van der Waals surface area (Å²) in [6, 6.07) is 21.1. The maximum atomic E-state index is 13.5. The van der Waals surface area contributed by atoms with Gasteiger partial charge in [-0.05, 0) is 40.7 Å². The van der Waals surface area contributed by atoms with Crippen molar-refractivity contribution in [3.8, 4) is 56.8 Å². The van der Waals surface area contributed by atoms with Crippen molar-refractivity contribution in [3.63, 3.8) is 0 Å². The van der Waals surface area contributed by atoms with Gasteiger partial charge in [-0.3, -0.25) is 4.79 Å². The van der Waals surface area contributed by atoms with E-state index in [1.54, 1.807) is 55.2 Å². The topological polar surface area (TPSA) is 98.7 Å². The third kappa shape index (κ3) is 5.92. The van der Waals surface area contributed by atoms with Crippen molar-refractivity contribution >= 4 is 19.0 Å². The fourth-order valence-electron chi connectivity index (χ4n) is 6.44. The van der Waals surface area contributed by atoms with Crippen molar-refractivity contribution < 1.29 is 42.1 Å². The molecule has 244 valence electrons. The molecule has 9 nitrogen and oxygen atoms in total. The molecule has 47 heavy (non-hydrogen) atoms. The number of benzene rings is 3. The molecule has 3 heterocycles. The molecular formula is C37H37O9P. The number of furan rings is 2. The van der Waals surface area contributed by atoms with E-state index in [4.69, 9.17) is 37.3 Å². The minimum absolute atomic E-state index is 0.143. The summed E-state index contributed by atoms with van der Waals surface area (Å²) in [6.45, 7) is 0. The normalized spacial score (nSPS) is 17.7. The summed E-state index contributed by atoms with van der Waals surface area (Å²) in [5.74, 6) is 5.09. The largest absolute Gasteiger partial charge is 0.496 e. The van der Waals surface area contributed by atoms with Crippen LogP contribution in [0.5, 0.6) is 34.5 Å². The van der Waals surface area contributed by atoms with Gasteiger partial charge in [0.15, 0.2) is 0 Å². The molecule has 0 N–H and O–H groups in total. The average Bonchev–Trinajstić information content (AvgIpc) is 3.85. The van der Waals surface area contributed by atoms with Crippen LogP contribution in [0, 0.1) is 0 Å². The highest BCUT2D eigenvalue weighted by molar-refractivity contribution is 7.67. The molecule has 1 aliphatic rings. The lowest BCUT2D eigenvalue weighted by molar-refractivity contribution is -0.119. The van der Waals surface area contributed by atoms with Crippen LogP contribution >= 0.6 is 7.92 Å². The Kier molecular flexibility index (Phi) is 9.45. The van der Waals surface area contributed by atoms with E-state index in [2.05, 4.69) is 12.1 Å². The number of methoxy groups -OCH3 is 6. The second-order valence-corrected chi connectivity index (χ2v) is 13.4. The maximum Gasteiger partial charge on any atom is 0.135 e. The third-order valence-electron chi connectivity index (χ3n) is 8.52. The first kappa shape index (κ1) is 32.1. The highest BCUT2D eigenvalue weighted by Crippen LogP contribution is 2.69. The van der Waals surface area contributed by atoms with E-state index in [-0.39, 0.29) is 17.1 Å². The minimum atomic E-state index is -1.30. The lowest BCUT2D eigenvalue weighted by Crippen LogP contribution is -2.25. The summed E-state index contributed by atoms with van der Waals surface area (Å²) >= 11 is 0. The van der Waals surface area contributed by atoms with E-state index in [0.29, 0.717) is 47.3 Å². The van der Waals surface area contributed by atoms with Gasteiger partial charge in [-0.25, -0.2) is 0 Å². The van der Waals surface area contributed by atoms with Crippen LogP contribution in [0.1, 0.15) is 35.7 Å². The first-order valence-electron chi connectivity index (χ1n) is 15.1. The molecule has 0 saturated carbocycles. The number of hydrogen-bond donors (Lipinski definition) is 0. The highest BCUT2D eigenvalue weighted by Gasteiger charge is 2.44. The van der Waals surface area contributed by atoms with E-state index in [0.717, 1.165) is 39.1 Å². The van der Waals surface area contributed by atoms with Crippen LogP contribution in [0.15, 0.2) is 88.1 Å². The predicted molar refractivity (Wildman–Crippen MR) is 180 cm³/mol. The summed E-state index contributed by atoms with van der Waals surface area (Å²) in [4.78, 5) is 13.5. The molecule has 1 aliphatic heterocycles. The molecule has 3 aromatic carbocycles. The van der Waals surface area contributed by atoms with Gasteiger partial charge >= 0.3 is 0 Å². The van der Waals surface area contributed by atoms with Crippen LogP contribution in [0.25, 0.3) is 22.3 Å². The number of ketones is 1. The minimum Gasteiger partial charge on any atom is -0.496 e. The van der Waals surface area contributed by atoms with E-state index in [1.165, 1.54) is 0 Å². The Morgan fingerprint density at radius 3 is 1.30 bits per heavy atom. The molecule has 0 spiro atoms. The number of Topliss-reactive ketones (excluding diaryl/α,β-unsaturated/α-hetero) is 1. The Morgan fingerprint density at radius 2 is 0.979 bits per heavy atom. The van der Waals surface area contributed by atoms with Crippen molar-refractivity contribution in [3.05, 3.63) is 90.8 Å². The molecule has 2 unspecified atom stereocenters. The van der Waals surface area contributed by atoms with E-state index in [1.807, 2.05) is 54.6 Å². The van der Waals surface area contributed by atoms with Gasteiger partial charge in [0, 0.05) is 48.4 Å². The molecule has 0 aliphatic carbocycles. The van der Waals surface area contributed by atoms with Gasteiger partial charge in [0.05, 0.1) is 66.3 Å². The summed E-state index contributed by atoms with van der Waals surface area (Å²) in [7, 11) is 8.41. The fourth-order valence-corrected chi connectivity index (χ4v) is 10.1. The average molecular weight is 657 g/mol. The Hall–Kier alpha value is -4.88. The summed E-state index contributed by atoms with van der Waals surface area (Å²) < 4.78 is 47.3. The second kappa shape index (κ2) is 13.9. The maximum absolute atomic E-state index is 13.5. The van der Waals surface area contributed by atoms with Crippen LogP contribution in [0.4, 0.5) is 0 Å². The highest BCUT2D eigenvalue weighted by atomic mass is 31.1. The third-order valence-corrected chi connectivity index (χ3v) is 11.7. The van der Waals surface area contributed by atoms with Gasteiger partial charge in [-0.2, -0.15) is 0 Å². The monoisotopic (exact) mass is 656 g/mol. The van der Waals surface area contributed by atoms with Crippen LogP contribution in [0.3, 0.4) is 0 Å². The standard InChI is InChI=1S/C37H37O9P/c1-39-23-18-29(41-3)35(30(19-23)42-4)25-10-7-11-26(36-31(43-5)20-24(40-2)21-32(36)44-6)37(25)47-33(27-12-8-14-45-27)16-22(38)17-34(47)28-13-9-15-46-28/h7-15,18-21,33-34H,16-17H2,1-6H3. The lowest BCUT2D eigenvalue weighted by atomic mass is 9.96. The van der Waals surface area contributed by atoms with Crippen molar-refractivity contribution in [2.75, 3.05) is 42.7 Å². The number of ether oxygens (including phenoxy) is 6. The molecule has 0 bridgehead atoms. The number of rotatable bonds is 11. The van der Waals surface area contributed by atoms with E-state index >= 15 is 0 Å². The van der Waals surface area contributed by atoms with Gasteiger partial charge in [0.2, 0.25) is 0 Å². The summed E-state index contributed by atoms with van der Waals surface area (Å²) in [5.41, 5.74) is 2.70. The fraction of sp³-hybridized carbons (Fsp3) is 0.270. The molecule has 0 radical (unpaired) electrons. The zero-order valence-corrected chi connectivity index (χ0v) is 28.1. The first-order valence-corrected chi connectivity index (χ1v) is 16.5. The predicted octanol–water partition coefficient (Wildman–Crippen LogP) is 8.21.